The molecule has 0 rings (SSSR count). The summed E-state index contributed by atoms with van der Waals surface area (Å²) in [7, 11) is 0. The first kappa shape index (κ1) is 14.5. The Hall–Kier alpha value is -0.520. The summed E-state index contributed by atoms with van der Waals surface area (Å²) in [5, 5.41) is 3.24. The molecule has 0 radical (unpaired) electrons. The van der Waals surface area contributed by atoms with E-state index in [1.165, 1.54) is 38.8 Å². The number of rotatable bonds is 10. The van der Waals surface area contributed by atoms with Crippen molar-refractivity contribution < 1.29 is 0 Å². The second-order valence-electron chi connectivity index (χ2n) is 3.93. The second-order valence-corrected chi connectivity index (χ2v) is 3.93. The maximum atomic E-state index is 5.18. The van der Waals surface area contributed by atoms with E-state index in [1.807, 2.05) is 0 Å². The molecule has 0 fully saturated rings. The Morgan fingerprint density at radius 3 is 2.13 bits per heavy atom. The number of unbranched alkanes of at least 4 members (excludes halogenated alkanes) is 2. The minimum atomic E-state index is 0.690. The van der Waals surface area contributed by atoms with E-state index < -0.39 is 0 Å². The summed E-state index contributed by atoms with van der Waals surface area (Å²) in [6, 6.07) is 0. The van der Waals surface area contributed by atoms with Crippen LogP contribution in [0.4, 0.5) is 0 Å². The lowest BCUT2D eigenvalue weighted by molar-refractivity contribution is 0.266. The number of hydrogen-bond donors (Lipinski definition) is 1. The molecule has 0 amide bonds. The van der Waals surface area contributed by atoms with Crippen LogP contribution in [0.1, 0.15) is 39.5 Å². The van der Waals surface area contributed by atoms with Gasteiger partial charge in [-0.05, 0) is 25.9 Å². The summed E-state index contributed by atoms with van der Waals surface area (Å²) >= 11 is 0. The van der Waals surface area contributed by atoms with Gasteiger partial charge in [0.1, 0.15) is 0 Å². The van der Waals surface area contributed by atoms with Crippen molar-refractivity contribution in [1.29, 1.82) is 0 Å². The van der Waals surface area contributed by atoms with Crippen LogP contribution < -0.4 is 5.32 Å². The Labute approximate surface area is 95.4 Å². The van der Waals surface area contributed by atoms with E-state index in [0.717, 1.165) is 13.1 Å². The zero-order valence-electron chi connectivity index (χ0n) is 10.4. The van der Waals surface area contributed by atoms with E-state index in [2.05, 4.69) is 30.0 Å². The number of hydrogen-bond acceptors (Lipinski definition) is 2. The minimum absolute atomic E-state index is 0.690. The Balaban J connectivity index is 3.55. The fraction of sp³-hybridized carbons (Fsp3) is 0.846. The molecule has 2 heteroatoms. The number of nitrogens with one attached hydrogen (secondary N) is 1. The summed E-state index contributed by atoms with van der Waals surface area (Å²) < 4.78 is 0. The minimum Gasteiger partial charge on any atom is -0.305 e. The van der Waals surface area contributed by atoms with E-state index in [0.29, 0.717) is 6.54 Å². The van der Waals surface area contributed by atoms with Gasteiger partial charge in [-0.25, -0.2) is 0 Å². The Morgan fingerprint density at radius 1 is 1.07 bits per heavy atom. The van der Waals surface area contributed by atoms with Crippen LogP contribution in [0.3, 0.4) is 0 Å². The number of terminal acetylenes is 1. The SMILES string of the molecule is C#CCNCCN(CCCC)CCCC. The molecular formula is C13H26N2. The molecular weight excluding hydrogens is 184 g/mol. The van der Waals surface area contributed by atoms with E-state index in [-0.39, 0.29) is 0 Å². The highest BCUT2D eigenvalue weighted by atomic mass is 15.1. The molecule has 0 unspecified atom stereocenters. The van der Waals surface area contributed by atoms with Gasteiger partial charge in [-0.3, -0.25) is 0 Å². The molecule has 0 aliphatic rings. The van der Waals surface area contributed by atoms with Gasteiger partial charge in [0.2, 0.25) is 0 Å². The van der Waals surface area contributed by atoms with Crippen molar-refractivity contribution in [3.8, 4) is 12.3 Å². The molecule has 0 atom stereocenters. The molecule has 1 N–H and O–H groups in total. The Morgan fingerprint density at radius 2 is 1.67 bits per heavy atom. The summed E-state index contributed by atoms with van der Waals surface area (Å²) in [5.41, 5.74) is 0. The smallest absolute Gasteiger partial charge is 0.0574 e. The van der Waals surface area contributed by atoms with Gasteiger partial charge >= 0.3 is 0 Å². The van der Waals surface area contributed by atoms with Gasteiger partial charge in [0, 0.05) is 13.1 Å². The van der Waals surface area contributed by atoms with Crippen LogP contribution in [0.2, 0.25) is 0 Å². The summed E-state index contributed by atoms with van der Waals surface area (Å²) in [6.07, 6.45) is 10.3. The fourth-order valence-electron chi connectivity index (χ4n) is 1.50. The van der Waals surface area contributed by atoms with Crippen molar-refractivity contribution in [2.75, 3.05) is 32.7 Å². The average Bonchev–Trinajstić information content (AvgIpc) is 2.27. The van der Waals surface area contributed by atoms with Gasteiger partial charge in [0.15, 0.2) is 0 Å². The van der Waals surface area contributed by atoms with Gasteiger partial charge in [-0.1, -0.05) is 32.6 Å². The molecule has 15 heavy (non-hydrogen) atoms. The summed E-state index contributed by atoms with van der Waals surface area (Å²) in [5.74, 6) is 2.60. The molecule has 0 saturated heterocycles. The lowest BCUT2D eigenvalue weighted by atomic mass is 10.2. The van der Waals surface area contributed by atoms with Gasteiger partial charge in [-0.15, -0.1) is 6.42 Å². The fourth-order valence-corrected chi connectivity index (χ4v) is 1.50. The second kappa shape index (κ2) is 11.6. The maximum Gasteiger partial charge on any atom is 0.0574 e. The molecule has 0 bridgehead atoms. The molecule has 2 nitrogen and oxygen atoms in total. The first-order chi connectivity index (χ1) is 7.35. The summed E-state index contributed by atoms with van der Waals surface area (Å²) in [6.45, 7) is 9.78. The summed E-state index contributed by atoms with van der Waals surface area (Å²) in [4.78, 5) is 2.54. The van der Waals surface area contributed by atoms with Crippen LogP contribution in [0, 0.1) is 12.3 Å². The van der Waals surface area contributed by atoms with Crippen LogP contribution in [0.25, 0.3) is 0 Å². The van der Waals surface area contributed by atoms with Crippen molar-refractivity contribution in [3.05, 3.63) is 0 Å². The van der Waals surface area contributed by atoms with Crippen molar-refractivity contribution in [2.45, 2.75) is 39.5 Å². The van der Waals surface area contributed by atoms with Crippen molar-refractivity contribution >= 4 is 0 Å². The molecule has 0 aromatic rings. The normalized spacial score (nSPS) is 10.5. The molecule has 0 aromatic heterocycles. The van der Waals surface area contributed by atoms with Gasteiger partial charge in [0.25, 0.3) is 0 Å². The van der Waals surface area contributed by atoms with Crippen LogP contribution in [-0.4, -0.2) is 37.6 Å². The highest BCUT2D eigenvalue weighted by Crippen LogP contribution is 1.98. The zero-order valence-corrected chi connectivity index (χ0v) is 10.4. The Kier molecular flexibility index (Phi) is 11.2. The van der Waals surface area contributed by atoms with Gasteiger partial charge in [0.05, 0.1) is 6.54 Å². The van der Waals surface area contributed by atoms with Gasteiger partial charge < -0.3 is 10.2 Å². The van der Waals surface area contributed by atoms with E-state index in [1.54, 1.807) is 0 Å². The van der Waals surface area contributed by atoms with E-state index in [9.17, 15) is 0 Å². The third-order valence-electron chi connectivity index (χ3n) is 2.49. The predicted molar refractivity (Wildman–Crippen MR) is 68.0 cm³/mol. The third-order valence-corrected chi connectivity index (χ3v) is 2.49. The maximum absolute atomic E-state index is 5.18. The van der Waals surface area contributed by atoms with Crippen molar-refractivity contribution in [1.82, 2.24) is 10.2 Å². The lowest BCUT2D eigenvalue weighted by Crippen LogP contribution is -2.33. The standard InChI is InChI=1S/C13H26N2/c1-4-7-11-15(12-8-5-2)13-10-14-9-6-3/h3,14H,4-5,7-13H2,1-2H3. The Bertz CT molecular complexity index is 152. The van der Waals surface area contributed by atoms with E-state index in [4.69, 9.17) is 6.42 Å². The van der Waals surface area contributed by atoms with Crippen LogP contribution >= 0.6 is 0 Å². The first-order valence-electron chi connectivity index (χ1n) is 6.21. The predicted octanol–water partition coefficient (Wildman–Crippen LogP) is 2.11. The van der Waals surface area contributed by atoms with Crippen LogP contribution in [0.15, 0.2) is 0 Å². The first-order valence-corrected chi connectivity index (χ1v) is 6.21. The average molecular weight is 210 g/mol. The van der Waals surface area contributed by atoms with E-state index >= 15 is 0 Å². The molecule has 0 aromatic carbocycles. The highest BCUT2D eigenvalue weighted by molar-refractivity contribution is 4.86. The van der Waals surface area contributed by atoms with Gasteiger partial charge in [-0.2, -0.15) is 0 Å². The monoisotopic (exact) mass is 210 g/mol. The molecule has 0 spiro atoms. The topological polar surface area (TPSA) is 15.3 Å². The van der Waals surface area contributed by atoms with Crippen LogP contribution in [-0.2, 0) is 0 Å². The number of nitrogens with zero attached hydrogens (tertiary/aromatic N) is 1. The molecule has 88 valence electrons. The van der Waals surface area contributed by atoms with Crippen molar-refractivity contribution in [3.63, 3.8) is 0 Å². The van der Waals surface area contributed by atoms with Crippen LogP contribution in [0.5, 0.6) is 0 Å². The quantitative estimate of drug-likeness (QED) is 0.439. The largest absolute Gasteiger partial charge is 0.305 e. The molecule has 0 heterocycles. The van der Waals surface area contributed by atoms with Crippen molar-refractivity contribution in [2.24, 2.45) is 0 Å². The molecule has 0 aliphatic heterocycles. The third kappa shape index (κ3) is 9.78. The molecule has 0 saturated carbocycles. The molecule has 0 aliphatic carbocycles. The lowest BCUT2D eigenvalue weighted by Gasteiger charge is -2.21. The zero-order chi connectivity index (χ0) is 11.4. The highest BCUT2D eigenvalue weighted by Gasteiger charge is 2.02.